The van der Waals surface area contributed by atoms with E-state index in [4.69, 9.17) is 11.5 Å². The molecule has 3 aromatic heterocycles. The molecule has 11 heteroatoms. The first-order valence-corrected chi connectivity index (χ1v) is 12.6. The quantitative estimate of drug-likeness (QED) is 0.256. The molecular formula is C27H31N9O2. The number of hydrogen-bond acceptors (Lipinski definition) is 6. The van der Waals surface area contributed by atoms with Crippen molar-refractivity contribution in [1.29, 1.82) is 0 Å². The number of aryl methyl sites for hydroxylation is 5. The molecule has 2 amide bonds. The Balaban J connectivity index is 1.40. The van der Waals surface area contributed by atoms with Crippen molar-refractivity contribution in [2.75, 3.05) is 11.1 Å². The van der Waals surface area contributed by atoms with E-state index in [0.29, 0.717) is 48.3 Å². The van der Waals surface area contributed by atoms with Crippen molar-refractivity contribution in [2.45, 2.75) is 53.2 Å². The van der Waals surface area contributed by atoms with Crippen molar-refractivity contribution in [1.82, 2.24) is 28.9 Å². The number of nitrogens with two attached hydrogens (primary N) is 2. The molecule has 2 aromatic carbocycles. The lowest BCUT2D eigenvalue weighted by molar-refractivity contribution is 0.0996. The smallest absolute Gasteiger partial charge is 0.276 e. The number of fused-ring (bicyclic) bond motifs is 2. The van der Waals surface area contributed by atoms with Crippen LogP contribution in [-0.2, 0) is 19.6 Å². The highest BCUT2D eigenvalue weighted by atomic mass is 16.2. The predicted molar refractivity (Wildman–Crippen MR) is 147 cm³/mol. The molecule has 0 aliphatic carbocycles. The highest BCUT2D eigenvalue weighted by molar-refractivity contribution is 6.03. The highest BCUT2D eigenvalue weighted by Crippen LogP contribution is 2.25. The van der Waals surface area contributed by atoms with Crippen LogP contribution in [0.25, 0.3) is 22.1 Å². The van der Waals surface area contributed by atoms with Crippen LogP contribution in [0.5, 0.6) is 0 Å². The van der Waals surface area contributed by atoms with E-state index < -0.39 is 5.91 Å². The largest absolute Gasteiger partial charge is 0.369 e. The monoisotopic (exact) mass is 513 g/mol. The molecule has 3 heterocycles. The van der Waals surface area contributed by atoms with E-state index in [-0.39, 0.29) is 5.91 Å². The summed E-state index contributed by atoms with van der Waals surface area (Å²) in [4.78, 5) is 34.0. The number of benzene rings is 2. The van der Waals surface area contributed by atoms with Gasteiger partial charge in [-0.3, -0.25) is 19.6 Å². The van der Waals surface area contributed by atoms with E-state index in [0.717, 1.165) is 40.6 Å². The van der Waals surface area contributed by atoms with Crippen molar-refractivity contribution >= 4 is 45.8 Å². The molecule has 196 valence electrons. The number of rotatable bonds is 9. The predicted octanol–water partition coefficient (Wildman–Crippen LogP) is 3.63. The number of aromatic nitrogens is 6. The summed E-state index contributed by atoms with van der Waals surface area (Å²) in [5, 5.41) is 7.32. The third-order valence-electron chi connectivity index (χ3n) is 6.70. The Morgan fingerprint density at radius 1 is 0.974 bits per heavy atom. The summed E-state index contributed by atoms with van der Waals surface area (Å²) in [6.45, 7) is 7.71. The zero-order valence-electron chi connectivity index (χ0n) is 21.7. The zero-order valence-corrected chi connectivity index (χ0v) is 21.7. The molecule has 0 aliphatic rings. The number of para-hydroxylation sites is 1. The molecular weight excluding hydrogens is 482 g/mol. The highest BCUT2D eigenvalue weighted by Gasteiger charge is 2.19. The first-order chi connectivity index (χ1) is 18.3. The van der Waals surface area contributed by atoms with E-state index in [9.17, 15) is 9.59 Å². The second-order valence-corrected chi connectivity index (χ2v) is 9.37. The summed E-state index contributed by atoms with van der Waals surface area (Å²) in [6.07, 6.45) is 1.63. The maximum atomic E-state index is 13.2. The van der Waals surface area contributed by atoms with Crippen LogP contribution in [0.1, 0.15) is 51.9 Å². The SMILES string of the molecule is CCn1nc(C)cc1C(=O)Nc1nc2cc(C(N)=O)ccc2n1CCCCn1c(N)nc2cccc(C)c21. The number of nitrogen functional groups attached to an aromatic ring is 1. The van der Waals surface area contributed by atoms with Gasteiger partial charge in [-0.25, -0.2) is 9.97 Å². The van der Waals surface area contributed by atoms with Crippen LogP contribution in [0.4, 0.5) is 11.9 Å². The van der Waals surface area contributed by atoms with Gasteiger partial charge in [-0.1, -0.05) is 12.1 Å². The van der Waals surface area contributed by atoms with Gasteiger partial charge >= 0.3 is 0 Å². The van der Waals surface area contributed by atoms with Gasteiger partial charge in [-0.15, -0.1) is 0 Å². The minimum Gasteiger partial charge on any atom is -0.369 e. The van der Waals surface area contributed by atoms with Gasteiger partial charge in [0.25, 0.3) is 5.91 Å². The fourth-order valence-corrected chi connectivity index (χ4v) is 4.89. The van der Waals surface area contributed by atoms with E-state index in [1.165, 1.54) is 0 Å². The number of unbranched alkanes of at least 4 members (excludes halogenated alkanes) is 1. The lowest BCUT2D eigenvalue weighted by Gasteiger charge is -2.12. The fraction of sp³-hybridized carbons (Fsp3) is 0.296. The van der Waals surface area contributed by atoms with Crippen LogP contribution >= 0.6 is 0 Å². The summed E-state index contributed by atoms with van der Waals surface area (Å²) >= 11 is 0. The standard InChI is InChI=1S/C27H31N9O2/c1-4-36-22(14-17(3)33-36)25(38)32-27-31-20-15-18(24(28)37)10-11-21(20)34(27)12-5-6-13-35-23-16(2)8-7-9-19(23)30-26(35)29/h7-11,14-15H,4-6,12-13H2,1-3H3,(H2,28,37)(H2,29,30)(H,31,32,38). The summed E-state index contributed by atoms with van der Waals surface area (Å²) in [5.41, 5.74) is 17.7. The summed E-state index contributed by atoms with van der Waals surface area (Å²) in [7, 11) is 0. The van der Waals surface area contributed by atoms with E-state index in [2.05, 4.69) is 33.4 Å². The Labute approximate surface area is 219 Å². The molecule has 0 radical (unpaired) electrons. The normalized spacial score (nSPS) is 11.4. The zero-order chi connectivity index (χ0) is 27.0. The average molecular weight is 514 g/mol. The van der Waals surface area contributed by atoms with E-state index in [1.54, 1.807) is 22.9 Å². The number of carbonyl (C=O) groups is 2. The maximum absolute atomic E-state index is 13.2. The van der Waals surface area contributed by atoms with Gasteiger partial charge in [0.1, 0.15) is 5.69 Å². The van der Waals surface area contributed by atoms with Crippen molar-refractivity contribution in [3.05, 3.63) is 65.0 Å². The second kappa shape index (κ2) is 10.0. The van der Waals surface area contributed by atoms with Crippen molar-refractivity contribution in [3.63, 3.8) is 0 Å². The maximum Gasteiger partial charge on any atom is 0.276 e. The van der Waals surface area contributed by atoms with Crippen LogP contribution in [0.2, 0.25) is 0 Å². The minimum absolute atomic E-state index is 0.299. The van der Waals surface area contributed by atoms with Crippen LogP contribution in [0.15, 0.2) is 42.5 Å². The molecule has 0 unspecified atom stereocenters. The lowest BCUT2D eigenvalue weighted by Crippen LogP contribution is -2.20. The molecule has 5 rings (SSSR count). The Hall–Kier alpha value is -4.67. The third kappa shape index (κ3) is 4.58. The van der Waals surface area contributed by atoms with Gasteiger partial charge in [0.2, 0.25) is 17.8 Å². The van der Waals surface area contributed by atoms with Gasteiger partial charge in [0.05, 0.1) is 27.8 Å². The van der Waals surface area contributed by atoms with E-state index in [1.807, 2.05) is 41.2 Å². The first-order valence-electron chi connectivity index (χ1n) is 12.6. The molecule has 38 heavy (non-hydrogen) atoms. The second-order valence-electron chi connectivity index (χ2n) is 9.37. The lowest BCUT2D eigenvalue weighted by atomic mass is 10.2. The minimum atomic E-state index is -0.533. The number of nitrogens with one attached hydrogen (secondary N) is 1. The molecule has 5 N–H and O–H groups in total. The number of hydrogen-bond donors (Lipinski definition) is 3. The Bertz CT molecular complexity index is 1680. The fourth-order valence-electron chi connectivity index (χ4n) is 4.89. The van der Waals surface area contributed by atoms with Gasteiger partial charge in [-0.05, 0) is 69.5 Å². The third-order valence-corrected chi connectivity index (χ3v) is 6.70. The Kier molecular flexibility index (Phi) is 6.58. The molecule has 0 aliphatic heterocycles. The van der Waals surface area contributed by atoms with Gasteiger partial charge in [-0.2, -0.15) is 5.10 Å². The Morgan fingerprint density at radius 2 is 1.74 bits per heavy atom. The number of carbonyl (C=O) groups excluding carboxylic acids is 2. The molecule has 11 nitrogen and oxygen atoms in total. The van der Waals surface area contributed by atoms with Gasteiger partial charge in [0.15, 0.2) is 0 Å². The average Bonchev–Trinajstić information content (AvgIpc) is 3.54. The van der Waals surface area contributed by atoms with Gasteiger partial charge < -0.3 is 20.6 Å². The number of imidazole rings is 2. The topological polar surface area (TPSA) is 152 Å². The summed E-state index contributed by atoms with van der Waals surface area (Å²) in [5.74, 6) is 0.0655. The van der Waals surface area contributed by atoms with Crippen LogP contribution in [0.3, 0.4) is 0 Å². The van der Waals surface area contributed by atoms with E-state index >= 15 is 0 Å². The summed E-state index contributed by atoms with van der Waals surface area (Å²) < 4.78 is 5.66. The van der Waals surface area contributed by atoms with Crippen LogP contribution in [-0.4, -0.2) is 40.7 Å². The van der Waals surface area contributed by atoms with Crippen molar-refractivity contribution in [2.24, 2.45) is 5.73 Å². The Morgan fingerprint density at radius 3 is 2.47 bits per heavy atom. The first kappa shape index (κ1) is 25.0. The molecule has 0 fully saturated rings. The van der Waals surface area contributed by atoms with Crippen LogP contribution in [0, 0.1) is 13.8 Å². The number of anilines is 2. The van der Waals surface area contributed by atoms with Crippen molar-refractivity contribution in [3.8, 4) is 0 Å². The molecule has 0 spiro atoms. The molecule has 5 aromatic rings. The number of amides is 2. The summed E-state index contributed by atoms with van der Waals surface area (Å²) in [6, 6.07) is 12.9. The molecule has 0 saturated heterocycles. The van der Waals surface area contributed by atoms with Crippen LogP contribution < -0.4 is 16.8 Å². The van der Waals surface area contributed by atoms with Gasteiger partial charge in [0, 0.05) is 25.2 Å². The number of nitrogens with zero attached hydrogens (tertiary/aromatic N) is 6. The van der Waals surface area contributed by atoms with Crippen molar-refractivity contribution < 1.29 is 9.59 Å². The molecule has 0 saturated carbocycles. The number of primary amides is 1. The molecule has 0 atom stereocenters. The molecule has 0 bridgehead atoms.